The van der Waals surface area contributed by atoms with Crippen LogP contribution < -0.4 is 16.2 Å². The Labute approximate surface area is 93.8 Å². The van der Waals surface area contributed by atoms with Gasteiger partial charge in [-0.2, -0.15) is 4.98 Å². The SMILES string of the molecule is CC1CCCN(c2nc(NN)ncc2F)C1. The minimum absolute atomic E-state index is 0.245. The highest BCUT2D eigenvalue weighted by Crippen LogP contribution is 2.23. The number of aromatic nitrogens is 2. The average Bonchev–Trinajstić information content (AvgIpc) is 2.30. The van der Waals surface area contributed by atoms with Crippen LogP contribution in [-0.4, -0.2) is 23.1 Å². The molecule has 5 nitrogen and oxygen atoms in total. The van der Waals surface area contributed by atoms with Gasteiger partial charge in [-0.25, -0.2) is 15.2 Å². The van der Waals surface area contributed by atoms with E-state index in [1.54, 1.807) is 0 Å². The van der Waals surface area contributed by atoms with Crippen LogP contribution in [0.25, 0.3) is 0 Å². The number of piperidine rings is 1. The Kier molecular flexibility index (Phi) is 3.19. The lowest BCUT2D eigenvalue weighted by molar-refractivity contribution is 0.438. The minimum atomic E-state index is -0.395. The molecule has 1 aromatic rings. The summed E-state index contributed by atoms with van der Waals surface area (Å²) in [6, 6.07) is 0. The molecule has 0 radical (unpaired) electrons. The summed E-state index contributed by atoms with van der Waals surface area (Å²) < 4.78 is 13.6. The van der Waals surface area contributed by atoms with Crippen LogP contribution in [0.1, 0.15) is 19.8 Å². The first kappa shape index (κ1) is 11.1. The van der Waals surface area contributed by atoms with Crippen LogP contribution in [0.4, 0.5) is 16.2 Å². The standard InChI is InChI=1S/C10H16FN5/c1-7-3-2-4-16(6-7)9-8(11)5-13-10(14-9)15-12/h5,7H,2-4,6,12H2,1H3,(H,13,14,15). The maximum absolute atomic E-state index is 13.6. The predicted octanol–water partition coefficient (Wildman–Crippen LogP) is 1.14. The van der Waals surface area contributed by atoms with Crippen molar-refractivity contribution in [1.29, 1.82) is 0 Å². The number of nitrogens with one attached hydrogen (secondary N) is 1. The molecule has 1 atom stereocenters. The number of halogens is 1. The Bertz CT molecular complexity index is 370. The van der Waals surface area contributed by atoms with Gasteiger partial charge >= 0.3 is 0 Å². The Balaban J connectivity index is 2.24. The molecule has 0 amide bonds. The van der Waals surface area contributed by atoms with Gasteiger partial charge in [-0.05, 0) is 18.8 Å². The van der Waals surface area contributed by atoms with E-state index in [0.29, 0.717) is 11.7 Å². The molecule has 1 saturated heterocycles. The van der Waals surface area contributed by atoms with Gasteiger partial charge in [0.1, 0.15) is 0 Å². The molecule has 1 aromatic heterocycles. The molecule has 0 spiro atoms. The third kappa shape index (κ3) is 2.21. The van der Waals surface area contributed by atoms with Crippen molar-refractivity contribution in [2.45, 2.75) is 19.8 Å². The van der Waals surface area contributed by atoms with Crippen molar-refractivity contribution in [3.05, 3.63) is 12.0 Å². The Hall–Kier alpha value is -1.43. The Morgan fingerprint density at radius 3 is 3.12 bits per heavy atom. The molecule has 1 aliphatic rings. The molecule has 3 N–H and O–H groups in total. The molecule has 2 rings (SSSR count). The summed E-state index contributed by atoms with van der Waals surface area (Å²) in [5.41, 5.74) is 2.33. The fourth-order valence-electron chi connectivity index (χ4n) is 2.03. The largest absolute Gasteiger partial charge is 0.354 e. The summed E-state index contributed by atoms with van der Waals surface area (Å²) in [5, 5.41) is 0. The van der Waals surface area contributed by atoms with E-state index in [1.165, 1.54) is 6.42 Å². The lowest BCUT2D eigenvalue weighted by Gasteiger charge is -2.31. The number of anilines is 2. The number of nitrogens with two attached hydrogens (primary N) is 1. The average molecular weight is 225 g/mol. The van der Waals surface area contributed by atoms with E-state index in [1.807, 2.05) is 4.90 Å². The van der Waals surface area contributed by atoms with E-state index >= 15 is 0 Å². The molecular weight excluding hydrogens is 209 g/mol. The summed E-state index contributed by atoms with van der Waals surface area (Å²) in [4.78, 5) is 9.73. The van der Waals surface area contributed by atoms with Crippen LogP contribution in [0.2, 0.25) is 0 Å². The lowest BCUT2D eigenvalue weighted by Crippen LogP contribution is -2.35. The molecule has 0 aliphatic carbocycles. The molecule has 1 unspecified atom stereocenters. The number of hydrazine groups is 1. The van der Waals surface area contributed by atoms with Crippen molar-refractivity contribution in [3.63, 3.8) is 0 Å². The summed E-state index contributed by atoms with van der Waals surface area (Å²) in [5.74, 6) is 5.97. The minimum Gasteiger partial charge on any atom is -0.354 e. The molecule has 6 heteroatoms. The fourth-order valence-corrected chi connectivity index (χ4v) is 2.03. The van der Waals surface area contributed by atoms with Gasteiger partial charge in [-0.1, -0.05) is 6.92 Å². The quantitative estimate of drug-likeness (QED) is 0.583. The van der Waals surface area contributed by atoms with Gasteiger partial charge in [0.25, 0.3) is 0 Å². The third-order valence-electron chi connectivity index (χ3n) is 2.81. The maximum atomic E-state index is 13.6. The van der Waals surface area contributed by atoms with E-state index in [-0.39, 0.29) is 5.95 Å². The topological polar surface area (TPSA) is 67.1 Å². The molecule has 1 fully saturated rings. The first-order valence-electron chi connectivity index (χ1n) is 5.45. The van der Waals surface area contributed by atoms with Crippen molar-refractivity contribution in [1.82, 2.24) is 9.97 Å². The highest BCUT2D eigenvalue weighted by atomic mass is 19.1. The predicted molar refractivity (Wildman–Crippen MR) is 60.4 cm³/mol. The molecule has 1 aliphatic heterocycles. The zero-order valence-corrected chi connectivity index (χ0v) is 9.28. The smallest absolute Gasteiger partial charge is 0.239 e. The highest BCUT2D eigenvalue weighted by Gasteiger charge is 2.20. The Morgan fingerprint density at radius 1 is 1.62 bits per heavy atom. The number of hydrogen-bond donors (Lipinski definition) is 2. The monoisotopic (exact) mass is 225 g/mol. The van der Waals surface area contributed by atoms with E-state index in [0.717, 1.165) is 25.7 Å². The fraction of sp³-hybridized carbons (Fsp3) is 0.600. The molecule has 88 valence electrons. The summed E-state index contributed by atoms with van der Waals surface area (Å²) in [6.45, 7) is 3.83. The van der Waals surface area contributed by atoms with Crippen LogP contribution in [0, 0.1) is 11.7 Å². The second-order valence-corrected chi connectivity index (χ2v) is 4.20. The highest BCUT2D eigenvalue weighted by molar-refractivity contribution is 5.43. The zero-order valence-electron chi connectivity index (χ0n) is 9.28. The van der Waals surface area contributed by atoms with Crippen LogP contribution in [0.5, 0.6) is 0 Å². The summed E-state index contributed by atoms with van der Waals surface area (Å²) in [7, 11) is 0. The molecule has 0 aromatic carbocycles. The van der Waals surface area contributed by atoms with Crippen LogP contribution in [0.15, 0.2) is 6.20 Å². The number of rotatable bonds is 2. The van der Waals surface area contributed by atoms with Gasteiger partial charge in [0, 0.05) is 13.1 Å². The first-order chi connectivity index (χ1) is 7.70. The van der Waals surface area contributed by atoms with E-state index in [9.17, 15) is 4.39 Å². The van der Waals surface area contributed by atoms with Gasteiger partial charge in [-0.15, -0.1) is 0 Å². The zero-order chi connectivity index (χ0) is 11.5. The van der Waals surface area contributed by atoms with Crippen molar-refractivity contribution in [2.75, 3.05) is 23.4 Å². The maximum Gasteiger partial charge on any atom is 0.239 e. The van der Waals surface area contributed by atoms with Gasteiger partial charge in [-0.3, -0.25) is 5.43 Å². The van der Waals surface area contributed by atoms with Crippen LogP contribution in [0.3, 0.4) is 0 Å². The number of nitrogens with zero attached hydrogens (tertiary/aromatic N) is 3. The second-order valence-electron chi connectivity index (χ2n) is 4.20. The number of hydrogen-bond acceptors (Lipinski definition) is 5. The molecule has 16 heavy (non-hydrogen) atoms. The van der Waals surface area contributed by atoms with E-state index in [4.69, 9.17) is 5.84 Å². The number of nitrogen functional groups attached to an aromatic ring is 1. The molecule has 0 bridgehead atoms. The van der Waals surface area contributed by atoms with E-state index < -0.39 is 5.82 Å². The van der Waals surface area contributed by atoms with Crippen LogP contribution >= 0.6 is 0 Å². The van der Waals surface area contributed by atoms with Gasteiger partial charge in [0.05, 0.1) is 6.20 Å². The first-order valence-corrected chi connectivity index (χ1v) is 5.45. The van der Waals surface area contributed by atoms with Crippen molar-refractivity contribution < 1.29 is 4.39 Å². The van der Waals surface area contributed by atoms with E-state index in [2.05, 4.69) is 22.3 Å². The summed E-state index contributed by atoms with van der Waals surface area (Å²) in [6.07, 6.45) is 3.40. The summed E-state index contributed by atoms with van der Waals surface area (Å²) >= 11 is 0. The Morgan fingerprint density at radius 2 is 2.44 bits per heavy atom. The van der Waals surface area contributed by atoms with Crippen LogP contribution in [-0.2, 0) is 0 Å². The molecule has 2 heterocycles. The van der Waals surface area contributed by atoms with Gasteiger partial charge in [0.2, 0.25) is 5.95 Å². The van der Waals surface area contributed by atoms with Crippen molar-refractivity contribution >= 4 is 11.8 Å². The molecular formula is C10H16FN5. The van der Waals surface area contributed by atoms with Gasteiger partial charge in [0.15, 0.2) is 11.6 Å². The van der Waals surface area contributed by atoms with Gasteiger partial charge < -0.3 is 4.90 Å². The van der Waals surface area contributed by atoms with Crippen molar-refractivity contribution in [2.24, 2.45) is 11.8 Å². The molecule has 0 saturated carbocycles. The van der Waals surface area contributed by atoms with Crippen molar-refractivity contribution in [3.8, 4) is 0 Å². The third-order valence-corrected chi connectivity index (χ3v) is 2.81. The second kappa shape index (κ2) is 4.61. The normalized spacial score (nSPS) is 20.9. The lowest BCUT2D eigenvalue weighted by atomic mass is 10.0.